The van der Waals surface area contributed by atoms with E-state index in [4.69, 9.17) is 15.2 Å². The summed E-state index contributed by atoms with van der Waals surface area (Å²) in [6.45, 7) is 7.60. The summed E-state index contributed by atoms with van der Waals surface area (Å²) in [6, 6.07) is 2.45. The predicted molar refractivity (Wildman–Crippen MR) is 135 cm³/mol. The number of ether oxygens (including phenoxy) is 2. The van der Waals surface area contributed by atoms with Gasteiger partial charge in [0, 0.05) is 12.0 Å². The van der Waals surface area contributed by atoms with Crippen molar-refractivity contribution in [1.29, 1.82) is 0 Å². The number of fused-ring (bicyclic) bond motifs is 1. The van der Waals surface area contributed by atoms with E-state index in [-0.39, 0.29) is 23.2 Å². The average Bonchev–Trinajstić information content (AvgIpc) is 2.77. The number of cyclic esters (lactones) is 1. The molecular formula is C26H34N2O9. The van der Waals surface area contributed by atoms with Gasteiger partial charge in [0.2, 0.25) is 5.91 Å². The smallest absolute Gasteiger partial charge is 0.415 e. The number of benzene rings is 1. The number of hydrogen-bond acceptors (Lipinski definition) is 9. The van der Waals surface area contributed by atoms with Crippen LogP contribution in [0.1, 0.15) is 57.0 Å². The zero-order valence-electron chi connectivity index (χ0n) is 21.5. The predicted octanol–water partition coefficient (Wildman–Crippen LogP) is 2.06. The van der Waals surface area contributed by atoms with Gasteiger partial charge in [-0.15, -0.1) is 0 Å². The van der Waals surface area contributed by atoms with E-state index in [1.54, 1.807) is 34.6 Å². The highest BCUT2D eigenvalue weighted by Crippen LogP contribution is 2.32. The van der Waals surface area contributed by atoms with Crippen molar-refractivity contribution >= 4 is 35.5 Å². The molecule has 0 aliphatic carbocycles. The highest BCUT2D eigenvalue weighted by molar-refractivity contribution is 6.00. The van der Waals surface area contributed by atoms with Gasteiger partial charge in [0.25, 0.3) is 0 Å². The van der Waals surface area contributed by atoms with Gasteiger partial charge in [-0.05, 0) is 51.8 Å². The highest BCUT2D eigenvalue weighted by atomic mass is 16.6. The molecule has 0 aromatic heterocycles. The largest absolute Gasteiger partial charge is 0.507 e. The van der Waals surface area contributed by atoms with Gasteiger partial charge in [0.1, 0.15) is 35.7 Å². The van der Waals surface area contributed by atoms with E-state index >= 15 is 0 Å². The molecule has 202 valence electrons. The Kier molecular flexibility index (Phi) is 9.60. The number of hydrogen-bond donors (Lipinski definition) is 4. The number of aliphatic hydroxyl groups is 2. The first-order valence-electron chi connectivity index (χ1n) is 11.7. The molecule has 11 nitrogen and oxygen atoms in total. The summed E-state index contributed by atoms with van der Waals surface area (Å²) in [5, 5.41) is 31.2. The second-order valence-corrected chi connectivity index (χ2v) is 9.84. The van der Waals surface area contributed by atoms with Crippen molar-refractivity contribution in [2.24, 2.45) is 11.7 Å². The van der Waals surface area contributed by atoms with Crippen LogP contribution in [0.5, 0.6) is 5.75 Å². The third-order valence-corrected chi connectivity index (χ3v) is 5.50. The van der Waals surface area contributed by atoms with Crippen LogP contribution in [0.2, 0.25) is 0 Å². The molecule has 1 aromatic rings. The molecule has 4 atom stereocenters. The van der Waals surface area contributed by atoms with Crippen molar-refractivity contribution in [2.75, 3.05) is 11.4 Å². The van der Waals surface area contributed by atoms with Gasteiger partial charge in [-0.25, -0.2) is 9.59 Å². The van der Waals surface area contributed by atoms with E-state index < -0.39 is 65.9 Å². The Labute approximate surface area is 215 Å². The van der Waals surface area contributed by atoms with Crippen molar-refractivity contribution < 1.29 is 44.0 Å². The average molecular weight is 519 g/mol. The lowest BCUT2D eigenvalue weighted by molar-refractivity contribution is -0.127. The number of phenolic OH excluding ortho intramolecular Hbond substituents is 1. The number of ketones is 1. The number of esters is 1. The first-order chi connectivity index (χ1) is 17.1. The summed E-state index contributed by atoms with van der Waals surface area (Å²) in [6.07, 6.45) is 0.371. The molecule has 0 fully saturated rings. The van der Waals surface area contributed by atoms with Gasteiger partial charge in [0.15, 0.2) is 5.78 Å². The molecule has 37 heavy (non-hydrogen) atoms. The molecule has 11 heteroatoms. The number of aliphatic hydroxyl groups excluding tert-OH is 2. The minimum atomic E-state index is -1.67. The Bertz CT molecular complexity index is 1100. The lowest BCUT2D eigenvalue weighted by atomic mass is 9.99. The first-order valence-corrected chi connectivity index (χ1v) is 11.7. The molecule has 0 saturated heterocycles. The Morgan fingerprint density at radius 3 is 2.41 bits per heavy atom. The quantitative estimate of drug-likeness (QED) is 0.436. The molecule has 1 aromatic carbocycles. The van der Waals surface area contributed by atoms with Gasteiger partial charge in [-0.3, -0.25) is 14.5 Å². The standard InChI is InChI=1S/C26H34N2O9/c1-14-9-10-19(30)23(33)18(29)8-6-7-16-11-17(12-20(31)22(16)24(34)36-15(14)2)28(13-21(27)32)25(35)37-26(3,4)5/h6-7,9-12,14-15,18,23,29,31,33H,8,13H2,1-5H3,(H2,27,32)/b7-6+,10-9-/t14-,15+,18+,23+/m1/s1. The zero-order valence-corrected chi connectivity index (χ0v) is 21.5. The molecule has 2 rings (SSSR count). The molecule has 1 heterocycles. The van der Waals surface area contributed by atoms with Crippen LogP contribution >= 0.6 is 0 Å². The van der Waals surface area contributed by atoms with Crippen molar-refractivity contribution in [3.05, 3.63) is 41.5 Å². The molecule has 5 N–H and O–H groups in total. The van der Waals surface area contributed by atoms with Crippen LogP contribution in [0.15, 0.2) is 30.4 Å². The molecule has 2 amide bonds. The van der Waals surface area contributed by atoms with Gasteiger partial charge in [0.05, 0.1) is 11.8 Å². The maximum absolute atomic E-state index is 13.0. The van der Waals surface area contributed by atoms with E-state index in [1.807, 2.05) is 0 Å². The number of amides is 2. The number of carbonyl (C=O) groups excluding carboxylic acids is 4. The van der Waals surface area contributed by atoms with E-state index in [2.05, 4.69) is 0 Å². The van der Waals surface area contributed by atoms with Crippen LogP contribution in [0.25, 0.3) is 6.08 Å². The van der Waals surface area contributed by atoms with Gasteiger partial charge < -0.3 is 30.5 Å². The molecule has 0 bridgehead atoms. The highest BCUT2D eigenvalue weighted by Gasteiger charge is 2.29. The van der Waals surface area contributed by atoms with Crippen LogP contribution in [0.3, 0.4) is 0 Å². The summed E-state index contributed by atoms with van der Waals surface area (Å²) in [5.74, 6) is -3.42. The van der Waals surface area contributed by atoms with Crippen molar-refractivity contribution in [3.63, 3.8) is 0 Å². The van der Waals surface area contributed by atoms with Crippen LogP contribution in [0, 0.1) is 5.92 Å². The van der Waals surface area contributed by atoms with Crippen LogP contribution in [0.4, 0.5) is 10.5 Å². The summed E-state index contributed by atoms with van der Waals surface area (Å²) >= 11 is 0. The molecule has 0 spiro atoms. The number of carbonyl (C=O) groups is 4. The fourth-order valence-electron chi connectivity index (χ4n) is 3.37. The van der Waals surface area contributed by atoms with Gasteiger partial charge >= 0.3 is 12.1 Å². The number of anilines is 1. The van der Waals surface area contributed by atoms with Crippen molar-refractivity contribution in [3.8, 4) is 5.75 Å². The fraction of sp³-hybridized carbons (Fsp3) is 0.462. The van der Waals surface area contributed by atoms with Crippen molar-refractivity contribution in [2.45, 2.75) is 65.0 Å². The van der Waals surface area contributed by atoms with Gasteiger partial charge in [-0.1, -0.05) is 25.2 Å². The maximum atomic E-state index is 13.0. The number of phenols is 1. The number of rotatable bonds is 3. The summed E-state index contributed by atoms with van der Waals surface area (Å²) in [5.41, 5.74) is 4.27. The normalized spacial score (nSPS) is 24.7. The molecule has 0 radical (unpaired) electrons. The molecule has 0 unspecified atom stereocenters. The lowest BCUT2D eigenvalue weighted by Gasteiger charge is -2.27. The van der Waals surface area contributed by atoms with Gasteiger partial charge in [-0.2, -0.15) is 0 Å². The minimum Gasteiger partial charge on any atom is -0.507 e. The van der Waals surface area contributed by atoms with Crippen LogP contribution in [-0.4, -0.2) is 69.5 Å². The van der Waals surface area contributed by atoms with Crippen LogP contribution < -0.4 is 10.6 Å². The van der Waals surface area contributed by atoms with E-state index in [0.29, 0.717) is 0 Å². The Balaban J connectivity index is 2.63. The maximum Gasteiger partial charge on any atom is 0.415 e. The number of aromatic hydroxyl groups is 1. The SMILES string of the molecule is C[C@@H]1/C=C\C(=O)[C@@H](O)[C@@H](O)C/C=C/c2cc(N(CC(N)=O)C(=O)OC(C)(C)C)cc(O)c2C(=O)O[C@H]1C. The fourth-order valence-corrected chi connectivity index (χ4v) is 3.37. The summed E-state index contributed by atoms with van der Waals surface area (Å²) < 4.78 is 10.8. The number of nitrogens with zero attached hydrogens (tertiary/aromatic N) is 1. The van der Waals surface area contributed by atoms with Crippen molar-refractivity contribution in [1.82, 2.24) is 0 Å². The second-order valence-electron chi connectivity index (χ2n) is 9.84. The molecular weight excluding hydrogens is 484 g/mol. The lowest BCUT2D eigenvalue weighted by Crippen LogP contribution is -2.42. The third-order valence-electron chi connectivity index (χ3n) is 5.50. The number of nitrogens with two attached hydrogens (primary N) is 1. The summed E-state index contributed by atoms with van der Waals surface area (Å²) in [4.78, 5) is 50.6. The first kappa shape index (κ1) is 29.5. The third kappa shape index (κ3) is 8.16. The Morgan fingerprint density at radius 2 is 1.81 bits per heavy atom. The minimum absolute atomic E-state index is 0.00276. The van der Waals surface area contributed by atoms with E-state index in [9.17, 15) is 34.5 Å². The monoisotopic (exact) mass is 518 g/mol. The second kappa shape index (κ2) is 12.0. The Hall–Kier alpha value is -3.70. The molecule has 1 aliphatic heterocycles. The molecule has 0 saturated carbocycles. The van der Waals surface area contributed by atoms with Crippen LogP contribution in [-0.2, 0) is 19.1 Å². The van der Waals surface area contributed by atoms with E-state index in [1.165, 1.54) is 24.3 Å². The Morgan fingerprint density at radius 1 is 1.16 bits per heavy atom. The topological polar surface area (TPSA) is 177 Å². The number of primary amides is 1. The van der Waals surface area contributed by atoms with E-state index in [0.717, 1.165) is 17.0 Å². The zero-order chi connectivity index (χ0) is 28.1. The summed E-state index contributed by atoms with van der Waals surface area (Å²) in [7, 11) is 0. The molecule has 1 aliphatic rings.